The van der Waals surface area contributed by atoms with Crippen molar-refractivity contribution in [2.45, 2.75) is 13.8 Å². The second-order valence-corrected chi connectivity index (χ2v) is 6.04. The molecule has 0 unspecified atom stereocenters. The molecule has 1 heterocycles. The predicted octanol–water partition coefficient (Wildman–Crippen LogP) is 3.06. The molecule has 0 spiro atoms. The number of phenols is 1. The Bertz CT molecular complexity index is 748. The Morgan fingerprint density at radius 2 is 1.95 bits per heavy atom. The smallest absolute Gasteiger partial charge is 0.255 e. The summed E-state index contributed by atoms with van der Waals surface area (Å²) >= 11 is 6.48. The molecule has 0 aliphatic rings. The number of phenolic OH excluding ortho intramolecular Hbond substituents is 1. The molecule has 0 saturated carbocycles. The lowest BCUT2D eigenvalue weighted by Gasteiger charge is -2.04. The van der Waals surface area contributed by atoms with E-state index in [0.29, 0.717) is 20.2 Å². The summed E-state index contributed by atoms with van der Waals surface area (Å²) in [6.45, 7) is 3.47. The van der Waals surface area contributed by atoms with Crippen LogP contribution in [0.15, 0.2) is 31.0 Å². The molecule has 0 aliphatic carbocycles. The number of H-pyrrole nitrogens is 1. The number of hydrogen-bond acceptors (Lipinski definition) is 5. The molecule has 3 N–H and O–H groups in total. The summed E-state index contributed by atoms with van der Waals surface area (Å²) in [6, 6.07) is 3.42. The number of aryl methyl sites for hydroxylation is 1. The van der Waals surface area contributed by atoms with Gasteiger partial charge in [-0.2, -0.15) is 5.10 Å². The third-order valence-electron chi connectivity index (χ3n) is 2.82. The molecule has 2 rings (SSSR count). The summed E-state index contributed by atoms with van der Waals surface area (Å²) < 4.78 is 1.10. The number of halogens is 2. The molecule has 6 nitrogen and oxygen atoms in total. The van der Waals surface area contributed by atoms with Gasteiger partial charge in [0.25, 0.3) is 5.56 Å². The summed E-state index contributed by atoms with van der Waals surface area (Å²) in [7, 11) is 0. The van der Waals surface area contributed by atoms with Gasteiger partial charge in [0.1, 0.15) is 5.75 Å². The van der Waals surface area contributed by atoms with Crippen molar-refractivity contribution in [3.8, 4) is 5.75 Å². The summed E-state index contributed by atoms with van der Waals surface area (Å²) in [5.74, 6) is 0.400. The molecule has 1 aromatic carbocycles. The normalized spacial score (nSPS) is 11.0. The first-order valence-corrected chi connectivity index (χ1v) is 7.51. The van der Waals surface area contributed by atoms with Crippen LogP contribution >= 0.6 is 31.9 Å². The van der Waals surface area contributed by atoms with E-state index in [-0.39, 0.29) is 17.3 Å². The van der Waals surface area contributed by atoms with Gasteiger partial charge < -0.3 is 5.11 Å². The van der Waals surface area contributed by atoms with E-state index in [1.165, 1.54) is 0 Å². The van der Waals surface area contributed by atoms with E-state index in [1.54, 1.807) is 32.2 Å². The van der Waals surface area contributed by atoms with Crippen molar-refractivity contribution in [3.63, 3.8) is 0 Å². The number of nitrogens with one attached hydrogen (secondary N) is 2. The number of nitrogens with zero attached hydrogens (tertiary/aromatic N) is 2. The second-order valence-electron chi connectivity index (χ2n) is 4.33. The Morgan fingerprint density at radius 1 is 1.33 bits per heavy atom. The molecule has 110 valence electrons. The van der Waals surface area contributed by atoms with Crippen molar-refractivity contribution in [1.82, 2.24) is 9.97 Å². The van der Waals surface area contributed by atoms with Gasteiger partial charge in [0, 0.05) is 11.3 Å². The summed E-state index contributed by atoms with van der Waals surface area (Å²) in [4.78, 5) is 18.4. The van der Waals surface area contributed by atoms with Crippen molar-refractivity contribution in [2.24, 2.45) is 5.10 Å². The van der Waals surface area contributed by atoms with Gasteiger partial charge >= 0.3 is 0 Å². The largest absolute Gasteiger partial charge is 0.506 e. The quantitative estimate of drug-likeness (QED) is 0.530. The average Bonchev–Trinajstić information content (AvgIpc) is 2.42. The zero-order chi connectivity index (χ0) is 15.6. The first kappa shape index (κ1) is 15.7. The Labute approximate surface area is 137 Å². The molecule has 1 aromatic heterocycles. The molecule has 2 aromatic rings. The maximum atomic E-state index is 11.6. The van der Waals surface area contributed by atoms with Crippen LogP contribution in [-0.2, 0) is 0 Å². The van der Waals surface area contributed by atoms with Crippen LogP contribution < -0.4 is 11.0 Å². The zero-order valence-electron chi connectivity index (χ0n) is 11.2. The van der Waals surface area contributed by atoms with Gasteiger partial charge in [0.15, 0.2) is 0 Å². The number of hydrazone groups is 1. The van der Waals surface area contributed by atoms with Crippen LogP contribution in [0.5, 0.6) is 5.75 Å². The number of aromatic hydroxyl groups is 1. The van der Waals surface area contributed by atoms with E-state index >= 15 is 0 Å². The molecular formula is C13H12Br2N4O2. The molecule has 0 atom stereocenters. The number of hydrogen-bond donors (Lipinski definition) is 3. The fourth-order valence-corrected chi connectivity index (χ4v) is 2.75. The number of aromatic nitrogens is 2. The fourth-order valence-electron chi connectivity index (χ4n) is 1.53. The van der Waals surface area contributed by atoms with E-state index in [0.717, 1.165) is 5.56 Å². The Morgan fingerprint density at radius 3 is 2.52 bits per heavy atom. The van der Waals surface area contributed by atoms with E-state index in [9.17, 15) is 9.90 Å². The minimum absolute atomic E-state index is 0.125. The number of anilines is 1. The fraction of sp³-hybridized carbons (Fsp3) is 0.154. The maximum Gasteiger partial charge on any atom is 0.255 e. The summed E-state index contributed by atoms with van der Waals surface area (Å²) in [5, 5.41) is 13.6. The molecule has 8 heteroatoms. The van der Waals surface area contributed by atoms with Crippen molar-refractivity contribution in [2.75, 3.05) is 5.43 Å². The highest BCUT2D eigenvalue weighted by Crippen LogP contribution is 2.32. The first-order chi connectivity index (χ1) is 9.88. The molecule has 0 bridgehead atoms. The van der Waals surface area contributed by atoms with E-state index in [4.69, 9.17) is 0 Å². The predicted molar refractivity (Wildman–Crippen MR) is 89.1 cm³/mol. The van der Waals surface area contributed by atoms with E-state index < -0.39 is 0 Å². The molecule has 0 saturated heterocycles. The van der Waals surface area contributed by atoms with Crippen molar-refractivity contribution in [1.29, 1.82) is 0 Å². The third-order valence-corrected chi connectivity index (χ3v) is 4.03. The number of rotatable bonds is 3. The lowest BCUT2D eigenvalue weighted by Crippen LogP contribution is -2.15. The third kappa shape index (κ3) is 3.70. The minimum Gasteiger partial charge on any atom is -0.506 e. The lowest BCUT2D eigenvalue weighted by molar-refractivity contribution is 0.468. The molecule has 0 aliphatic heterocycles. The number of benzene rings is 1. The van der Waals surface area contributed by atoms with Gasteiger partial charge in [-0.1, -0.05) is 0 Å². The Kier molecular flexibility index (Phi) is 4.79. The van der Waals surface area contributed by atoms with Crippen LogP contribution in [0.4, 0.5) is 5.95 Å². The van der Waals surface area contributed by atoms with Crippen molar-refractivity contribution in [3.05, 3.63) is 48.3 Å². The Hall–Kier alpha value is -1.67. The molecule has 21 heavy (non-hydrogen) atoms. The lowest BCUT2D eigenvalue weighted by atomic mass is 10.2. The topological polar surface area (TPSA) is 90.4 Å². The van der Waals surface area contributed by atoms with Gasteiger partial charge in [-0.3, -0.25) is 9.78 Å². The maximum absolute atomic E-state index is 11.6. The van der Waals surface area contributed by atoms with Crippen LogP contribution in [0.1, 0.15) is 16.8 Å². The van der Waals surface area contributed by atoms with Crippen LogP contribution in [0.2, 0.25) is 0 Å². The van der Waals surface area contributed by atoms with Gasteiger partial charge in [0.2, 0.25) is 5.95 Å². The minimum atomic E-state index is -0.199. The SMILES string of the molecule is Cc1nc(N/N=C\c2cc(Br)c(O)c(Br)c2)[nH]c(=O)c1C. The molecule has 0 radical (unpaired) electrons. The molecular weight excluding hydrogens is 404 g/mol. The van der Waals surface area contributed by atoms with E-state index in [1.807, 2.05) is 0 Å². The highest BCUT2D eigenvalue weighted by Gasteiger charge is 2.05. The monoisotopic (exact) mass is 414 g/mol. The molecule has 0 fully saturated rings. The zero-order valence-corrected chi connectivity index (χ0v) is 14.4. The van der Waals surface area contributed by atoms with Crippen LogP contribution in [-0.4, -0.2) is 21.3 Å². The molecule has 0 amide bonds. The van der Waals surface area contributed by atoms with Gasteiger partial charge in [-0.15, -0.1) is 0 Å². The van der Waals surface area contributed by atoms with Crippen molar-refractivity contribution >= 4 is 44.0 Å². The average molecular weight is 416 g/mol. The summed E-state index contributed by atoms with van der Waals surface area (Å²) in [5.41, 5.74) is 4.45. The van der Waals surface area contributed by atoms with Crippen LogP contribution in [0.3, 0.4) is 0 Å². The standard InChI is InChI=1S/C13H12Br2N4O2/c1-6-7(2)17-13(18-12(6)21)19-16-5-8-3-9(14)11(20)10(15)4-8/h3-5,20H,1-2H3,(H2,17,18,19,21)/b16-5-. The van der Waals surface area contributed by atoms with Gasteiger partial charge in [-0.05, 0) is 63.4 Å². The van der Waals surface area contributed by atoms with Gasteiger partial charge in [-0.25, -0.2) is 10.4 Å². The van der Waals surface area contributed by atoms with Crippen molar-refractivity contribution < 1.29 is 5.11 Å². The first-order valence-electron chi connectivity index (χ1n) is 5.93. The van der Waals surface area contributed by atoms with Crippen LogP contribution in [0.25, 0.3) is 0 Å². The highest BCUT2D eigenvalue weighted by molar-refractivity contribution is 9.11. The number of aromatic amines is 1. The highest BCUT2D eigenvalue weighted by atomic mass is 79.9. The summed E-state index contributed by atoms with van der Waals surface area (Å²) in [6.07, 6.45) is 1.55. The van der Waals surface area contributed by atoms with Gasteiger partial charge in [0.05, 0.1) is 15.2 Å². The Balaban J connectivity index is 2.18. The van der Waals surface area contributed by atoms with E-state index in [2.05, 4.69) is 52.4 Å². The second kappa shape index (κ2) is 6.40. The van der Waals surface area contributed by atoms with Crippen LogP contribution in [0, 0.1) is 13.8 Å².